The number of hydrogen-bond acceptors (Lipinski definition) is 0. The van der Waals surface area contributed by atoms with E-state index in [4.69, 9.17) is 0 Å². The largest absolute Gasteiger partial charge is 0.231 e. The van der Waals surface area contributed by atoms with E-state index >= 15 is 0 Å². The summed E-state index contributed by atoms with van der Waals surface area (Å²) in [4.78, 5) is 0. The van der Waals surface area contributed by atoms with Crippen LogP contribution >= 0.6 is 31.8 Å². The molecule has 0 saturated carbocycles. The van der Waals surface area contributed by atoms with E-state index in [0.29, 0.717) is 6.16 Å². The van der Waals surface area contributed by atoms with Crippen molar-refractivity contribution >= 4 is 31.8 Å². The lowest BCUT2D eigenvalue weighted by Gasteiger charge is -2.35. The van der Waals surface area contributed by atoms with Gasteiger partial charge in [0.1, 0.15) is 0 Å². The molecule has 2 unspecified atom stereocenters. The van der Waals surface area contributed by atoms with Crippen molar-refractivity contribution in [3.05, 3.63) is 0 Å². The van der Waals surface area contributed by atoms with E-state index in [9.17, 15) is 4.39 Å². The predicted molar refractivity (Wildman–Crippen MR) is 65.7 cm³/mol. The van der Waals surface area contributed by atoms with Crippen molar-refractivity contribution in [2.75, 3.05) is 6.16 Å². The molecule has 0 spiro atoms. The van der Waals surface area contributed by atoms with Gasteiger partial charge in [0.15, 0.2) is 3.68 Å². The van der Waals surface area contributed by atoms with Gasteiger partial charge in [0.25, 0.3) is 0 Å². The summed E-state index contributed by atoms with van der Waals surface area (Å²) in [5.41, 5.74) is -0.203. The van der Waals surface area contributed by atoms with Crippen LogP contribution in [-0.4, -0.2) is 9.84 Å². The third kappa shape index (κ3) is 3.45. The molecule has 0 aromatic rings. The van der Waals surface area contributed by atoms with Gasteiger partial charge < -0.3 is 0 Å². The first-order chi connectivity index (χ1) is 5.37. The van der Waals surface area contributed by atoms with Gasteiger partial charge >= 0.3 is 0 Å². The van der Waals surface area contributed by atoms with Crippen LogP contribution in [0.1, 0.15) is 40.0 Å². The fraction of sp³-hybridized carbons (Fsp3) is 1.00. The summed E-state index contributed by atoms with van der Waals surface area (Å²) < 4.78 is 12.8. The van der Waals surface area contributed by atoms with Crippen molar-refractivity contribution < 1.29 is 4.39 Å². The van der Waals surface area contributed by atoms with Crippen LogP contribution in [0.3, 0.4) is 0 Å². The molecule has 0 aliphatic carbocycles. The lowest BCUT2D eigenvalue weighted by atomic mass is 9.83. The minimum absolute atomic E-state index is 0.203. The first-order valence-electron chi connectivity index (χ1n) is 4.45. The molecule has 0 heterocycles. The Bertz CT molecular complexity index is 134. The van der Waals surface area contributed by atoms with Crippen LogP contribution in [-0.2, 0) is 0 Å². The van der Waals surface area contributed by atoms with Gasteiger partial charge in [-0.2, -0.15) is 0 Å². The molecule has 0 aliphatic rings. The summed E-state index contributed by atoms with van der Waals surface area (Å²) in [6.07, 6.45) is 3.75. The topological polar surface area (TPSA) is 0 Å². The summed E-state index contributed by atoms with van der Waals surface area (Å²) in [6.45, 7) is 6.17. The minimum Gasteiger partial charge on any atom is -0.231 e. The molecule has 0 rings (SSSR count). The van der Waals surface area contributed by atoms with Crippen molar-refractivity contribution in [3.8, 4) is 0 Å². The average Bonchev–Trinajstić information content (AvgIpc) is 2.00. The Labute approximate surface area is 91.4 Å². The fourth-order valence-corrected chi connectivity index (χ4v) is 1.90. The fourth-order valence-electron chi connectivity index (χ4n) is 1.08. The average molecular weight is 304 g/mol. The highest BCUT2D eigenvalue weighted by Crippen LogP contribution is 2.45. The summed E-state index contributed by atoms with van der Waals surface area (Å²) in [5.74, 6) is 0. The molecule has 0 bridgehead atoms. The molecule has 0 amide bonds. The number of alkyl halides is 2. The molecule has 0 saturated heterocycles. The zero-order valence-electron chi connectivity index (χ0n) is 8.16. The Morgan fingerprint density at radius 3 is 2.25 bits per heavy atom. The maximum absolute atomic E-state index is 13.9. The van der Waals surface area contributed by atoms with Crippen LogP contribution in [0.5, 0.6) is 0 Å². The molecule has 0 fully saturated rings. The van der Waals surface area contributed by atoms with Gasteiger partial charge in [0, 0.05) is 11.6 Å². The molecule has 3 heteroatoms. The van der Waals surface area contributed by atoms with Crippen LogP contribution in [0.2, 0.25) is 0 Å². The second kappa shape index (κ2) is 5.09. The van der Waals surface area contributed by atoms with Crippen LogP contribution < -0.4 is 0 Å². The van der Waals surface area contributed by atoms with Crippen LogP contribution in [0.4, 0.5) is 4.39 Å². The lowest BCUT2D eigenvalue weighted by molar-refractivity contribution is 0.133. The van der Waals surface area contributed by atoms with Crippen LogP contribution in [0.15, 0.2) is 0 Å². The van der Waals surface area contributed by atoms with E-state index in [1.165, 1.54) is 0 Å². The maximum atomic E-state index is 13.9. The Balaban J connectivity index is 4.17. The molecule has 74 valence electrons. The number of unbranched alkanes of at least 4 members (excludes halogenated alkanes) is 1. The van der Waals surface area contributed by atoms with Gasteiger partial charge in [-0.3, -0.25) is 0 Å². The van der Waals surface area contributed by atoms with E-state index in [2.05, 4.69) is 16.2 Å². The summed E-state index contributed by atoms with van der Waals surface area (Å²) in [6, 6.07) is 0. The smallest absolute Gasteiger partial charge is 0.169 e. The first-order valence-corrected chi connectivity index (χ1v) is 6.35. The van der Waals surface area contributed by atoms with E-state index in [-0.39, 0.29) is 5.41 Å². The second-order valence-corrected chi connectivity index (χ2v) is 6.01. The van der Waals surface area contributed by atoms with Gasteiger partial charge in [-0.1, -0.05) is 33.6 Å². The van der Waals surface area contributed by atoms with Crippen molar-refractivity contribution in [2.24, 2.45) is 5.41 Å². The molecular formula is C9H19FIP. The van der Waals surface area contributed by atoms with Crippen LogP contribution in [0, 0.1) is 5.41 Å². The Morgan fingerprint density at radius 1 is 1.42 bits per heavy atom. The molecule has 0 nitrogen and oxygen atoms in total. The molecule has 0 N–H and O–H groups in total. The molecule has 0 aliphatic heterocycles. The molecule has 0 aromatic carbocycles. The molecular weight excluding hydrogens is 285 g/mol. The van der Waals surface area contributed by atoms with Gasteiger partial charge in [0.05, 0.1) is 0 Å². The van der Waals surface area contributed by atoms with Gasteiger partial charge in [0.2, 0.25) is 0 Å². The summed E-state index contributed by atoms with van der Waals surface area (Å²) in [5, 5.41) is 0. The van der Waals surface area contributed by atoms with E-state index in [1.807, 2.05) is 36.4 Å². The SMILES string of the molecule is CCCCC(C)(C)C(F)(I)CP. The van der Waals surface area contributed by atoms with Crippen molar-refractivity contribution in [1.82, 2.24) is 0 Å². The Kier molecular flexibility index (Phi) is 5.55. The van der Waals surface area contributed by atoms with E-state index in [1.54, 1.807) is 0 Å². The molecule has 12 heavy (non-hydrogen) atoms. The Hall–Kier alpha value is 1.09. The highest BCUT2D eigenvalue weighted by molar-refractivity contribution is 14.1. The third-order valence-corrected chi connectivity index (χ3v) is 5.70. The number of hydrogen-bond donors (Lipinski definition) is 0. The van der Waals surface area contributed by atoms with Crippen molar-refractivity contribution in [2.45, 2.75) is 43.7 Å². The standard InChI is InChI=1S/C9H19FIP/c1-4-5-6-8(2,3)9(10,11)7-12/h4-7,12H2,1-3H3. The quantitative estimate of drug-likeness (QED) is 0.406. The lowest BCUT2D eigenvalue weighted by Crippen LogP contribution is -2.36. The maximum Gasteiger partial charge on any atom is 0.169 e. The normalized spacial score (nSPS) is 17.5. The highest BCUT2D eigenvalue weighted by Gasteiger charge is 2.41. The predicted octanol–water partition coefficient (Wildman–Crippen LogP) is 4.18. The van der Waals surface area contributed by atoms with E-state index < -0.39 is 3.68 Å². The second-order valence-electron chi connectivity index (χ2n) is 3.90. The zero-order valence-corrected chi connectivity index (χ0v) is 11.5. The van der Waals surface area contributed by atoms with Crippen molar-refractivity contribution in [3.63, 3.8) is 0 Å². The monoisotopic (exact) mass is 304 g/mol. The van der Waals surface area contributed by atoms with E-state index in [0.717, 1.165) is 19.3 Å². The van der Waals surface area contributed by atoms with Crippen molar-refractivity contribution in [1.29, 1.82) is 0 Å². The number of rotatable bonds is 5. The summed E-state index contributed by atoms with van der Waals surface area (Å²) >= 11 is 1.93. The number of halogens is 2. The summed E-state index contributed by atoms with van der Waals surface area (Å²) in [7, 11) is 2.49. The first kappa shape index (κ1) is 13.1. The minimum atomic E-state index is -1.08. The molecule has 0 aromatic heterocycles. The molecule has 0 radical (unpaired) electrons. The van der Waals surface area contributed by atoms with Crippen LogP contribution in [0.25, 0.3) is 0 Å². The third-order valence-electron chi connectivity index (χ3n) is 2.40. The van der Waals surface area contributed by atoms with Gasteiger partial charge in [-0.05, 0) is 29.0 Å². The zero-order chi connectivity index (χ0) is 9.83. The van der Waals surface area contributed by atoms with Gasteiger partial charge in [-0.15, -0.1) is 9.24 Å². The van der Waals surface area contributed by atoms with Gasteiger partial charge in [-0.25, -0.2) is 4.39 Å². The highest BCUT2D eigenvalue weighted by atomic mass is 127. The Morgan fingerprint density at radius 2 is 1.92 bits per heavy atom. The molecule has 2 atom stereocenters.